The van der Waals surface area contributed by atoms with E-state index in [1.807, 2.05) is 6.07 Å². The summed E-state index contributed by atoms with van der Waals surface area (Å²) in [4.78, 5) is 0. The Morgan fingerprint density at radius 2 is 1.31 bits per heavy atom. The van der Waals surface area contributed by atoms with Crippen LogP contribution in [0.5, 0.6) is 0 Å². The van der Waals surface area contributed by atoms with Gasteiger partial charge in [0, 0.05) is 38.0 Å². The normalized spacial score (nSPS) is 14.0. The van der Waals surface area contributed by atoms with Gasteiger partial charge in [-0.3, -0.25) is 0 Å². The molecular weight excluding hydrogens is 476 g/mol. The number of hydrogen-bond donors (Lipinski definition) is 0. The van der Waals surface area contributed by atoms with E-state index in [0.717, 1.165) is 40.5 Å². The van der Waals surface area contributed by atoms with Crippen LogP contribution in [0.25, 0.3) is 76.9 Å². The molecule has 0 spiro atoms. The van der Waals surface area contributed by atoms with Crippen LogP contribution < -0.4 is 0 Å². The summed E-state index contributed by atoms with van der Waals surface area (Å²) in [6.07, 6.45) is 8.82. The van der Waals surface area contributed by atoms with Crippen molar-refractivity contribution in [1.29, 1.82) is 0 Å². The Morgan fingerprint density at radius 1 is 0.564 bits per heavy atom. The van der Waals surface area contributed by atoms with Crippen LogP contribution in [0.4, 0.5) is 0 Å². The molecule has 0 amide bonds. The van der Waals surface area contributed by atoms with Crippen molar-refractivity contribution in [3.8, 4) is 5.69 Å². The Labute approximate surface area is 224 Å². The highest BCUT2D eigenvalue weighted by molar-refractivity contribution is 6.26. The second-order valence-corrected chi connectivity index (χ2v) is 10.4. The van der Waals surface area contributed by atoms with Crippen LogP contribution in [0.15, 0.2) is 126 Å². The molecule has 39 heavy (non-hydrogen) atoms. The molecule has 0 bridgehead atoms. The van der Waals surface area contributed by atoms with Gasteiger partial charge in [-0.25, -0.2) is 0 Å². The fraction of sp³-hybridized carbons (Fsp3) is 0.0556. The maximum atomic E-state index is 6.52. The molecule has 0 fully saturated rings. The molecule has 0 N–H and O–H groups in total. The molecule has 0 unspecified atom stereocenters. The monoisotopic (exact) mass is 500 g/mol. The van der Waals surface area contributed by atoms with Gasteiger partial charge in [-0.15, -0.1) is 0 Å². The third-order valence-corrected chi connectivity index (χ3v) is 8.37. The third-order valence-electron chi connectivity index (χ3n) is 8.37. The van der Waals surface area contributed by atoms with Crippen molar-refractivity contribution in [3.05, 3.63) is 121 Å². The summed E-state index contributed by atoms with van der Waals surface area (Å²) in [5, 5.41) is 7.41. The van der Waals surface area contributed by atoms with Gasteiger partial charge in [0.1, 0.15) is 5.58 Å². The zero-order valence-electron chi connectivity index (χ0n) is 21.3. The maximum Gasteiger partial charge on any atom is 0.159 e. The number of hydrogen-bond acceptors (Lipinski definition) is 1. The summed E-state index contributed by atoms with van der Waals surface area (Å²) in [6, 6.07) is 37.0. The number of aromatic nitrogens is 2. The summed E-state index contributed by atoms with van der Waals surface area (Å²) in [7, 11) is 0. The van der Waals surface area contributed by atoms with Gasteiger partial charge in [0.25, 0.3) is 0 Å². The van der Waals surface area contributed by atoms with Crippen molar-refractivity contribution in [1.82, 2.24) is 9.13 Å². The molecule has 1 aliphatic carbocycles. The fourth-order valence-corrected chi connectivity index (χ4v) is 6.75. The van der Waals surface area contributed by atoms with E-state index in [1.54, 1.807) is 0 Å². The summed E-state index contributed by atoms with van der Waals surface area (Å²) >= 11 is 0. The van der Waals surface area contributed by atoms with Crippen LogP contribution in [0.2, 0.25) is 0 Å². The highest BCUT2D eigenvalue weighted by Gasteiger charge is 2.22. The predicted molar refractivity (Wildman–Crippen MR) is 164 cm³/mol. The highest BCUT2D eigenvalue weighted by atomic mass is 16.3. The van der Waals surface area contributed by atoms with Crippen molar-refractivity contribution in [2.24, 2.45) is 0 Å². The van der Waals surface area contributed by atoms with Crippen molar-refractivity contribution < 1.29 is 4.42 Å². The Morgan fingerprint density at radius 3 is 2.15 bits per heavy atom. The molecule has 3 heterocycles. The second kappa shape index (κ2) is 7.75. The first-order valence-electron chi connectivity index (χ1n) is 13.6. The van der Waals surface area contributed by atoms with Gasteiger partial charge in [-0.05, 0) is 49.2 Å². The number of nitrogens with zero attached hydrogens (tertiary/aromatic N) is 2. The number of allylic oxidation sites excluding steroid dienone is 4. The molecule has 0 saturated carbocycles. The van der Waals surface area contributed by atoms with Crippen molar-refractivity contribution in [2.45, 2.75) is 12.8 Å². The molecule has 0 atom stereocenters. The quantitative estimate of drug-likeness (QED) is 0.232. The second-order valence-electron chi connectivity index (χ2n) is 10.4. The van der Waals surface area contributed by atoms with Crippen LogP contribution in [-0.4, -0.2) is 9.13 Å². The highest BCUT2D eigenvalue weighted by Crippen LogP contribution is 2.44. The first-order chi connectivity index (χ1) is 19.4. The Bertz CT molecular complexity index is 2340. The molecule has 1 aliphatic rings. The first kappa shape index (κ1) is 21.0. The molecule has 0 aliphatic heterocycles. The predicted octanol–water partition coefficient (Wildman–Crippen LogP) is 9.98. The molecule has 184 valence electrons. The molecule has 3 aromatic heterocycles. The summed E-state index contributed by atoms with van der Waals surface area (Å²) in [6.45, 7) is 0. The minimum absolute atomic E-state index is 0.917. The van der Waals surface area contributed by atoms with Crippen LogP contribution in [0.3, 0.4) is 0 Å². The number of para-hydroxylation sites is 4. The molecule has 3 nitrogen and oxygen atoms in total. The van der Waals surface area contributed by atoms with Gasteiger partial charge >= 0.3 is 0 Å². The third kappa shape index (κ3) is 2.77. The van der Waals surface area contributed by atoms with Crippen LogP contribution in [-0.2, 0) is 0 Å². The number of fused-ring (bicyclic) bond motifs is 10. The van der Waals surface area contributed by atoms with E-state index in [4.69, 9.17) is 4.42 Å². The first-order valence-corrected chi connectivity index (χ1v) is 13.6. The molecular formula is C36H24N2O. The zero-order valence-corrected chi connectivity index (χ0v) is 21.3. The maximum absolute atomic E-state index is 6.52. The van der Waals surface area contributed by atoms with Crippen molar-refractivity contribution in [2.75, 3.05) is 0 Å². The molecule has 0 saturated heterocycles. The van der Waals surface area contributed by atoms with Crippen molar-refractivity contribution >= 4 is 71.2 Å². The van der Waals surface area contributed by atoms with Crippen LogP contribution >= 0.6 is 0 Å². The Hall–Kier alpha value is -5.02. The van der Waals surface area contributed by atoms with Crippen molar-refractivity contribution in [3.63, 3.8) is 0 Å². The summed E-state index contributed by atoms with van der Waals surface area (Å²) < 4.78 is 11.4. The lowest BCUT2D eigenvalue weighted by atomic mass is 10.1. The Balaban J connectivity index is 1.50. The smallest absolute Gasteiger partial charge is 0.159 e. The van der Waals surface area contributed by atoms with Gasteiger partial charge in [0.2, 0.25) is 0 Å². The topological polar surface area (TPSA) is 23.0 Å². The Kier molecular flexibility index (Phi) is 4.17. The molecule has 3 heteroatoms. The van der Waals surface area contributed by atoms with Gasteiger partial charge in [-0.2, -0.15) is 0 Å². The minimum Gasteiger partial charge on any atom is -0.454 e. The number of furan rings is 1. The zero-order chi connectivity index (χ0) is 25.5. The average molecular weight is 501 g/mol. The minimum atomic E-state index is 0.917. The molecule has 9 rings (SSSR count). The van der Waals surface area contributed by atoms with Crippen LogP contribution in [0, 0.1) is 0 Å². The molecule has 5 aromatic carbocycles. The van der Waals surface area contributed by atoms with E-state index >= 15 is 0 Å². The number of benzene rings is 5. The van der Waals surface area contributed by atoms with E-state index in [-0.39, 0.29) is 0 Å². The van der Waals surface area contributed by atoms with E-state index in [0.29, 0.717) is 0 Å². The summed E-state index contributed by atoms with van der Waals surface area (Å²) in [5.74, 6) is 0. The van der Waals surface area contributed by atoms with Crippen LogP contribution in [0.1, 0.15) is 12.8 Å². The van der Waals surface area contributed by atoms with Gasteiger partial charge in [0.05, 0.1) is 27.8 Å². The average Bonchev–Trinajstić information content (AvgIpc) is 3.65. The van der Waals surface area contributed by atoms with Gasteiger partial charge < -0.3 is 13.6 Å². The van der Waals surface area contributed by atoms with E-state index in [1.165, 1.54) is 49.3 Å². The SMILES string of the molecule is C1=CCCC(n2c3ccccc3c3ccc4c(c5ccccc5n4-c4cccc5c4oc4ccccc45)c32)=C1. The lowest BCUT2D eigenvalue weighted by Gasteiger charge is -2.14. The van der Waals surface area contributed by atoms with E-state index in [9.17, 15) is 0 Å². The molecule has 8 aromatic rings. The van der Waals surface area contributed by atoms with Gasteiger partial charge in [0.15, 0.2) is 5.58 Å². The fourth-order valence-electron chi connectivity index (χ4n) is 6.75. The van der Waals surface area contributed by atoms with E-state index < -0.39 is 0 Å². The standard InChI is InChI=1S/C36H24N2O/c1-2-11-23(12-3-1)37-29-17-7-4-13-24(29)26-21-22-31-34(35(26)37)28-15-5-8-18-30(28)38(31)32-19-10-16-27-25-14-6-9-20-33(25)39-36(27)32/h1-2,4-11,13-22H,3,12H2. The summed E-state index contributed by atoms with van der Waals surface area (Å²) in [5.41, 5.74) is 9.15. The number of rotatable bonds is 2. The molecule has 0 radical (unpaired) electrons. The largest absolute Gasteiger partial charge is 0.454 e. The van der Waals surface area contributed by atoms with Gasteiger partial charge in [-0.1, -0.05) is 84.9 Å². The lowest BCUT2D eigenvalue weighted by molar-refractivity contribution is 0.666. The van der Waals surface area contributed by atoms with E-state index in [2.05, 4.69) is 124 Å². The lowest BCUT2D eigenvalue weighted by Crippen LogP contribution is -1.99.